The number of hydrogen-bond donors (Lipinski definition) is 0. The molecule has 0 aromatic rings. The minimum absolute atomic E-state index is 0.475. The van der Waals surface area contributed by atoms with Crippen LogP contribution in [0.4, 0.5) is 0 Å². The van der Waals surface area contributed by atoms with Crippen molar-refractivity contribution in [2.24, 2.45) is 57.7 Å². The molecule has 0 N–H and O–H groups in total. The van der Waals surface area contributed by atoms with Gasteiger partial charge in [0.25, 0.3) is 0 Å². The van der Waals surface area contributed by atoms with Crippen molar-refractivity contribution in [2.45, 2.75) is 112 Å². The van der Waals surface area contributed by atoms with Gasteiger partial charge in [0.05, 0.1) is 0 Å². The molecule has 9 atom stereocenters. The molecular formula is C28H46O. The van der Waals surface area contributed by atoms with Crippen molar-refractivity contribution < 1.29 is 4.79 Å². The summed E-state index contributed by atoms with van der Waals surface area (Å²) < 4.78 is 0. The predicted octanol–water partition coefficient (Wildman–Crippen LogP) is 7.68. The first-order valence-corrected chi connectivity index (χ1v) is 13.2. The molecule has 0 heterocycles. The molecular weight excluding hydrogens is 352 g/mol. The summed E-state index contributed by atoms with van der Waals surface area (Å²) in [4.78, 5) is 12.2. The van der Waals surface area contributed by atoms with Crippen LogP contribution in [0.3, 0.4) is 0 Å². The van der Waals surface area contributed by atoms with Crippen molar-refractivity contribution in [3.63, 3.8) is 0 Å². The second-order valence-corrected chi connectivity index (χ2v) is 13.3. The average Bonchev–Trinajstić information content (AvgIpc) is 3.22. The molecule has 1 nitrogen and oxygen atoms in total. The van der Waals surface area contributed by atoms with Crippen molar-refractivity contribution in [1.29, 1.82) is 0 Å². The van der Waals surface area contributed by atoms with Gasteiger partial charge in [0.15, 0.2) is 0 Å². The summed E-state index contributed by atoms with van der Waals surface area (Å²) >= 11 is 0. The van der Waals surface area contributed by atoms with Gasteiger partial charge >= 0.3 is 0 Å². The lowest BCUT2D eigenvalue weighted by molar-refractivity contribution is -0.144. The van der Waals surface area contributed by atoms with Crippen molar-refractivity contribution in [3.8, 4) is 0 Å². The van der Waals surface area contributed by atoms with Crippen LogP contribution in [0.25, 0.3) is 0 Å². The maximum atomic E-state index is 12.2. The lowest BCUT2D eigenvalue weighted by Gasteiger charge is -2.61. The fraction of sp³-hybridized carbons (Fsp3) is 0.964. The predicted molar refractivity (Wildman–Crippen MR) is 121 cm³/mol. The maximum Gasteiger partial charge on any atom is 0.133 e. The van der Waals surface area contributed by atoms with Gasteiger partial charge in [0, 0.05) is 12.8 Å². The van der Waals surface area contributed by atoms with Crippen LogP contribution in [-0.4, -0.2) is 5.78 Å². The van der Waals surface area contributed by atoms with E-state index in [1.54, 1.807) is 0 Å². The Morgan fingerprint density at radius 2 is 1.69 bits per heavy atom. The van der Waals surface area contributed by atoms with E-state index in [0.29, 0.717) is 27.9 Å². The molecule has 0 amide bonds. The highest BCUT2D eigenvalue weighted by atomic mass is 16.1. The van der Waals surface area contributed by atoms with Crippen LogP contribution in [0.2, 0.25) is 0 Å². The standard InChI is InChI=1S/C28H46O/c1-18(2)7-6-8-19(3)23-9-10-24-27(23,5)14-12-25-26(4)13-11-22(29)16-20(26)15-21-17-28(21,24)25/h18-21,23-25H,6-17H2,1-5H3. The molecule has 5 aliphatic carbocycles. The van der Waals surface area contributed by atoms with Gasteiger partial charge in [0.2, 0.25) is 0 Å². The highest BCUT2D eigenvalue weighted by molar-refractivity contribution is 5.79. The van der Waals surface area contributed by atoms with Crippen molar-refractivity contribution in [3.05, 3.63) is 0 Å². The molecule has 0 aliphatic heterocycles. The summed E-state index contributed by atoms with van der Waals surface area (Å²) in [7, 11) is 0. The Morgan fingerprint density at radius 3 is 2.45 bits per heavy atom. The highest BCUT2D eigenvalue weighted by Gasteiger charge is 2.76. The van der Waals surface area contributed by atoms with Crippen LogP contribution < -0.4 is 0 Å². The summed E-state index contributed by atoms with van der Waals surface area (Å²) in [6.07, 6.45) is 16.2. The van der Waals surface area contributed by atoms with Gasteiger partial charge in [-0.15, -0.1) is 0 Å². The molecule has 9 unspecified atom stereocenters. The van der Waals surface area contributed by atoms with Crippen LogP contribution in [0.1, 0.15) is 112 Å². The summed E-state index contributed by atoms with van der Waals surface area (Å²) in [5.74, 6) is 6.91. The number of carbonyl (C=O) groups is 1. The van der Waals surface area contributed by atoms with E-state index in [0.717, 1.165) is 48.3 Å². The molecule has 0 aromatic heterocycles. The smallest absolute Gasteiger partial charge is 0.133 e. The molecule has 29 heavy (non-hydrogen) atoms. The Hall–Kier alpha value is -0.330. The summed E-state index contributed by atoms with van der Waals surface area (Å²) in [6.45, 7) is 12.7. The van der Waals surface area contributed by atoms with E-state index >= 15 is 0 Å². The van der Waals surface area contributed by atoms with Gasteiger partial charge in [-0.3, -0.25) is 4.79 Å². The van der Waals surface area contributed by atoms with Crippen LogP contribution >= 0.6 is 0 Å². The third kappa shape index (κ3) is 2.87. The molecule has 0 bridgehead atoms. The molecule has 164 valence electrons. The Morgan fingerprint density at radius 1 is 0.931 bits per heavy atom. The van der Waals surface area contributed by atoms with E-state index < -0.39 is 0 Å². The first-order valence-electron chi connectivity index (χ1n) is 13.2. The fourth-order valence-electron chi connectivity index (χ4n) is 10.3. The summed E-state index contributed by atoms with van der Waals surface area (Å²) in [6, 6.07) is 0. The van der Waals surface area contributed by atoms with Gasteiger partial charge in [0.1, 0.15) is 5.78 Å². The van der Waals surface area contributed by atoms with Crippen LogP contribution in [0, 0.1) is 57.7 Å². The summed E-state index contributed by atoms with van der Waals surface area (Å²) in [5.41, 5.74) is 1.77. The Labute approximate surface area is 180 Å². The normalized spacial score (nSPS) is 51.8. The fourth-order valence-corrected chi connectivity index (χ4v) is 10.3. The minimum Gasteiger partial charge on any atom is -0.300 e. The van der Waals surface area contributed by atoms with Crippen molar-refractivity contribution >= 4 is 5.78 Å². The Kier molecular flexibility index (Phi) is 4.85. The molecule has 0 aromatic carbocycles. The molecule has 5 rings (SSSR count). The van der Waals surface area contributed by atoms with Gasteiger partial charge in [-0.25, -0.2) is 0 Å². The van der Waals surface area contributed by atoms with Crippen LogP contribution in [0.5, 0.6) is 0 Å². The SMILES string of the molecule is CC(C)CCCC(C)C1CCC2C1(C)CCC1C3(C)CCC(=O)CC3CC3CC312. The monoisotopic (exact) mass is 398 g/mol. The zero-order valence-electron chi connectivity index (χ0n) is 19.9. The number of carbonyl (C=O) groups excluding carboxylic acids is 1. The number of fused-ring (bicyclic) bond motifs is 3. The molecule has 0 radical (unpaired) electrons. The quantitative estimate of drug-likeness (QED) is 0.464. The second-order valence-electron chi connectivity index (χ2n) is 13.3. The Balaban J connectivity index is 1.36. The first-order chi connectivity index (χ1) is 13.7. The van der Waals surface area contributed by atoms with Gasteiger partial charge < -0.3 is 0 Å². The number of Topliss-reactive ketones (excluding diaryl/α,β-unsaturated/α-hetero) is 1. The van der Waals surface area contributed by atoms with Crippen LogP contribution in [0.15, 0.2) is 0 Å². The summed E-state index contributed by atoms with van der Waals surface area (Å²) in [5, 5.41) is 0. The largest absolute Gasteiger partial charge is 0.300 e. The second kappa shape index (κ2) is 6.83. The topological polar surface area (TPSA) is 17.1 Å². The van der Waals surface area contributed by atoms with E-state index in [9.17, 15) is 4.79 Å². The average molecular weight is 399 g/mol. The van der Waals surface area contributed by atoms with E-state index in [4.69, 9.17) is 0 Å². The Bertz CT molecular complexity index is 665. The number of ketones is 1. The lowest BCUT2D eigenvalue weighted by Crippen LogP contribution is -2.55. The maximum absolute atomic E-state index is 12.2. The van der Waals surface area contributed by atoms with E-state index in [1.807, 2.05) is 0 Å². The van der Waals surface area contributed by atoms with E-state index in [-0.39, 0.29) is 0 Å². The molecule has 5 saturated carbocycles. The molecule has 0 saturated heterocycles. The van der Waals surface area contributed by atoms with Crippen molar-refractivity contribution in [1.82, 2.24) is 0 Å². The third-order valence-electron chi connectivity index (χ3n) is 11.7. The lowest BCUT2D eigenvalue weighted by atomic mass is 9.43. The number of rotatable bonds is 5. The van der Waals surface area contributed by atoms with Gasteiger partial charge in [-0.1, -0.05) is 53.9 Å². The zero-order chi connectivity index (χ0) is 20.6. The molecule has 1 heteroatoms. The van der Waals surface area contributed by atoms with Crippen molar-refractivity contribution in [2.75, 3.05) is 0 Å². The highest BCUT2D eigenvalue weighted by Crippen LogP contribution is 2.82. The minimum atomic E-state index is 0.475. The third-order valence-corrected chi connectivity index (χ3v) is 11.7. The first kappa shape index (κ1) is 20.6. The zero-order valence-corrected chi connectivity index (χ0v) is 19.9. The van der Waals surface area contributed by atoms with Crippen LogP contribution in [-0.2, 0) is 4.79 Å². The van der Waals surface area contributed by atoms with Gasteiger partial charge in [-0.05, 0) is 103 Å². The van der Waals surface area contributed by atoms with Gasteiger partial charge in [-0.2, -0.15) is 0 Å². The number of hydrogen-bond acceptors (Lipinski definition) is 1. The molecule has 5 aliphatic rings. The molecule has 1 spiro atoms. The van der Waals surface area contributed by atoms with E-state index in [1.165, 1.54) is 64.2 Å². The molecule has 5 fully saturated rings. The van der Waals surface area contributed by atoms with E-state index in [2.05, 4.69) is 34.6 Å².